The Morgan fingerprint density at radius 1 is 1.41 bits per heavy atom. The molecule has 1 aliphatic carbocycles. The van der Waals surface area contributed by atoms with E-state index in [1.165, 1.54) is 29.5 Å². The van der Waals surface area contributed by atoms with Gasteiger partial charge >= 0.3 is 0 Å². The van der Waals surface area contributed by atoms with Gasteiger partial charge in [0.15, 0.2) is 0 Å². The van der Waals surface area contributed by atoms with E-state index in [9.17, 15) is 9.18 Å². The number of hydrogen-bond acceptors (Lipinski definition) is 3. The molecule has 0 aromatic carbocycles. The fraction of sp³-hybridized carbons (Fsp3) is 0.500. The molecule has 2 fully saturated rings. The minimum absolute atomic E-state index is 0.133. The van der Waals surface area contributed by atoms with Crippen LogP contribution in [0.3, 0.4) is 0 Å². The number of fused-ring (bicyclic) bond motifs is 1. The number of nitrogens with zero attached hydrogens (tertiary/aromatic N) is 3. The number of likely N-dealkylation sites (tertiary alicyclic amines) is 1. The monoisotopic (exact) mass is 302 g/mol. The summed E-state index contributed by atoms with van der Waals surface area (Å²) in [5, 5.41) is 3.07. The van der Waals surface area contributed by atoms with Crippen LogP contribution in [0, 0.1) is 11.7 Å². The lowest BCUT2D eigenvalue weighted by atomic mass is 10.1. The summed E-state index contributed by atoms with van der Waals surface area (Å²) in [6, 6.07) is 3.79. The number of rotatable bonds is 3. The number of aromatic nitrogens is 2. The van der Waals surface area contributed by atoms with Crippen LogP contribution < -0.4 is 5.32 Å². The topological polar surface area (TPSA) is 49.6 Å². The van der Waals surface area contributed by atoms with E-state index in [4.69, 9.17) is 0 Å². The van der Waals surface area contributed by atoms with E-state index < -0.39 is 0 Å². The predicted molar refractivity (Wildman–Crippen MR) is 80.2 cm³/mol. The summed E-state index contributed by atoms with van der Waals surface area (Å²) >= 11 is 0. The van der Waals surface area contributed by atoms with Crippen LogP contribution in [0.1, 0.15) is 30.4 Å². The second-order valence-corrected chi connectivity index (χ2v) is 6.44. The highest BCUT2D eigenvalue weighted by Gasteiger charge is 2.38. The van der Waals surface area contributed by atoms with Gasteiger partial charge in [0, 0.05) is 31.4 Å². The number of nitrogens with one attached hydrogen (secondary N) is 1. The second kappa shape index (κ2) is 5.05. The average molecular weight is 302 g/mol. The molecule has 6 heteroatoms. The van der Waals surface area contributed by atoms with Crippen LogP contribution in [-0.4, -0.2) is 45.4 Å². The van der Waals surface area contributed by atoms with Crippen LogP contribution in [0.2, 0.25) is 0 Å². The second-order valence-electron chi connectivity index (χ2n) is 6.44. The van der Waals surface area contributed by atoms with Gasteiger partial charge in [0.1, 0.15) is 11.3 Å². The molecule has 1 amide bonds. The largest absolute Gasteiger partial charge is 0.345 e. The van der Waals surface area contributed by atoms with Crippen molar-refractivity contribution in [2.75, 3.05) is 13.1 Å². The molecule has 0 radical (unpaired) electrons. The molecule has 4 rings (SSSR count). The molecular formula is C16H19FN4O. The van der Waals surface area contributed by atoms with Gasteiger partial charge in [-0.3, -0.25) is 14.1 Å². The smallest absolute Gasteiger partial charge is 0.287 e. The first-order valence-electron chi connectivity index (χ1n) is 7.80. The normalized spacial score (nSPS) is 25.7. The molecule has 2 atom stereocenters. The summed E-state index contributed by atoms with van der Waals surface area (Å²) in [4.78, 5) is 19.0. The maximum absolute atomic E-state index is 13.7. The Labute approximate surface area is 128 Å². The molecule has 1 aliphatic heterocycles. The van der Waals surface area contributed by atoms with Crippen molar-refractivity contribution in [3.05, 3.63) is 36.2 Å². The van der Waals surface area contributed by atoms with E-state index in [1.807, 2.05) is 0 Å². The molecule has 2 aromatic heterocycles. The van der Waals surface area contributed by atoms with Crippen LogP contribution in [0.5, 0.6) is 0 Å². The molecule has 1 N–H and O–H groups in total. The summed E-state index contributed by atoms with van der Waals surface area (Å²) in [6.45, 7) is 4.10. The molecule has 5 nitrogen and oxygen atoms in total. The number of pyridine rings is 1. The SMILES string of the molecule is CC1CN(C2CC2)CC1NC(=O)c1ncc2c(F)cccn12. The van der Waals surface area contributed by atoms with Crippen molar-refractivity contribution in [1.82, 2.24) is 19.6 Å². The Balaban J connectivity index is 1.52. The highest BCUT2D eigenvalue weighted by molar-refractivity contribution is 5.92. The predicted octanol–water partition coefficient (Wildman–Crippen LogP) is 1.69. The van der Waals surface area contributed by atoms with Crippen molar-refractivity contribution >= 4 is 11.4 Å². The highest BCUT2D eigenvalue weighted by Crippen LogP contribution is 2.31. The lowest BCUT2D eigenvalue weighted by Gasteiger charge is -2.16. The zero-order valence-electron chi connectivity index (χ0n) is 12.5. The third-order valence-electron chi connectivity index (χ3n) is 4.74. The minimum atomic E-state index is -0.372. The van der Waals surface area contributed by atoms with Crippen molar-refractivity contribution in [2.24, 2.45) is 5.92 Å². The first kappa shape index (κ1) is 13.7. The van der Waals surface area contributed by atoms with Crippen LogP contribution in [0.4, 0.5) is 4.39 Å². The van der Waals surface area contributed by atoms with E-state index in [-0.39, 0.29) is 23.6 Å². The van der Waals surface area contributed by atoms with E-state index in [0.717, 1.165) is 13.1 Å². The Morgan fingerprint density at radius 3 is 3.00 bits per heavy atom. The third-order valence-corrected chi connectivity index (χ3v) is 4.74. The molecule has 22 heavy (non-hydrogen) atoms. The van der Waals surface area contributed by atoms with E-state index >= 15 is 0 Å². The Bertz CT molecular complexity index is 724. The molecule has 0 bridgehead atoms. The average Bonchev–Trinajstić information content (AvgIpc) is 3.15. The van der Waals surface area contributed by atoms with Crippen molar-refractivity contribution in [3.8, 4) is 0 Å². The quantitative estimate of drug-likeness (QED) is 0.938. The van der Waals surface area contributed by atoms with Gasteiger partial charge in [0.25, 0.3) is 5.91 Å². The molecule has 3 heterocycles. The Kier molecular flexibility index (Phi) is 3.14. The fourth-order valence-electron chi connectivity index (χ4n) is 3.32. The minimum Gasteiger partial charge on any atom is -0.345 e. The van der Waals surface area contributed by atoms with Crippen molar-refractivity contribution < 1.29 is 9.18 Å². The summed E-state index contributed by atoms with van der Waals surface area (Å²) in [7, 11) is 0. The summed E-state index contributed by atoms with van der Waals surface area (Å²) in [5.41, 5.74) is 0.326. The molecule has 0 spiro atoms. The number of imidazole rings is 1. The van der Waals surface area contributed by atoms with Crippen LogP contribution in [0.25, 0.3) is 5.52 Å². The first-order valence-corrected chi connectivity index (χ1v) is 7.80. The third kappa shape index (κ3) is 2.27. The number of amides is 1. The van der Waals surface area contributed by atoms with E-state index in [2.05, 4.69) is 22.1 Å². The number of halogens is 1. The zero-order valence-corrected chi connectivity index (χ0v) is 12.5. The zero-order chi connectivity index (χ0) is 15.3. The van der Waals surface area contributed by atoms with E-state index in [0.29, 0.717) is 17.5 Å². The van der Waals surface area contributed by atoms with Crippen molar-refractivity contribution in [1.29, 1.82) is 0 Å². The summed E-state index contributed by atoms with van der Waals surface area (Å²) in [5.74, 6) is 0.0578. The van der Waals surface area contributed by atoms with Gasteiger partial charge in [-0.15, -0.1) is 0 Å². The van der Waals surface area contributed by atoms with Gasteiger partial charge in [-0.05, 0) is 30.9 Å². The van der Waals surface area contributed by atoms with Crippen molar-refractivity contribution in [3.63, 3.8) is 0 Å². The standard InChI is InChI=1S/C16H19FN4O/c1-10-8-20(11-4-5-11)9-13(10)19-16(22)15-18-7-14-12(17)3-2-6-21(14)15/h2-3,6-7,10-11,13H,4-5,8-9H2,1H3,(H,19,22). The molecule has 2 unspecified atom stereocenters. The molecule has 116 valence electrons. The van der Waals surface area contributed by atoms with Crippen LogP contribution >= 0.6 is 0 Å². The lowest BCUT2D eigenvalue weighted by molar-refractivity contribution is 0.0920. The van der Waals surface area contributed by atoms with Gasteiger partial charge in [-0.2, -0.15) is 0 Å². The number of carbonyl (C=O) groups excluding carboxylic acids is 1. The molecule has 1 saturated heterocycles. The van der Waals surface area contributed by atoms with Gasteiger partial charge in [0.05, 0.1) is 6.20 Å². The van der Waals surface area contributed by atoms with Gasteiger partial charge in [0.2, 0.25) is 5.82 Å². The molecule has 1 saturated carbocycles. The van der Waals surface area contributed by atoms with Crippen LogP contribution in [-0.2, 0) is 0 Å². The highest BCUT2D eigenvalue weighted by atomic mass is 19.1. The summed E-state index contributed by atoms with van der Waals surface area (Å²) in [6.07, 6.45) is 5.61. The molecule has 2 aliphatic rings. The molecular weight excluding hydrogens is 283 g/mol. The number of hydrogen-bond donors (Lipinski definition) is 1. The Hall–Kier alpha value is -1.95. The maximum atomic E-state index is 13.7. The van der Waals surface area contributed by atoms with Gasteiger partial charge < -0.3 is 5.32 Å². The lowest BCUT2D eigenvalue weighted by Crippen LogP contribution is -2.40. The van der Waals surface area contributed by atoms with Crippen molar-refractivity contribution in [2.45, 2.75) is 31.8 Å². The first-order chi connectivity index (χ1) is 10.6. The fourth-order valence-corrected chi connectivity index (χ4v) is 3.32. The van der Waals surface area contributed by atoms with Gasteiger partial charge in [-0.1, -0.05) is 6.92 Å². The number of carbonyl (C=O) groups is 1. The summed E-state index contributed by atoms with van der Waals surface area (Å²) < 4.78 is 15.2. The Morgan fingerprint density at radius 2 is 2.23 bits per heavy atom. The van der Waals surface area contributed by atoms with Crippen LogP contribution in [0.15, 0.2) is 24.5 Å². The molecule has 2 aromatic rings. The van der Waals surface area contributed by atoms with Gasteiger partial charge in [-0.25, -0.2) is 9.37 Å². The maximum Gasteiger partial charge on any atom is 0.287 e. The van der Waals surface area contributed by atoms with E-state index in [1.54, 1.807) is 12.3 Å².